The highest BCUT2D eigenvalue weighted by Gasteiger charge is 2.17. The minimum atomic E-state index is -1.29. The lowest BCUT2D eigenvalue weighted by atomic mass is 10.1. The summed E-state index contributed by atoms with van der Waals surface area (Å²) in [6.07, 6.45) is -1.16. The van der Waals surface area contributed by atoms with Crippen LogP contribution in [0.25, 0.3) is 0 Å². The van der Waals surface area contributed by atoms with Gasteiger partial charge in [-0.05, 0) is 6.42 Å². The lowest BCUT2D eigenvalue weighted by Gasteiger charge is -2.09. The average Bonchev–Trinajstić information content (AvgIpc) is 2.33. The molecule has 1 amide bonds. The standard InChI is InChI=1S/C11H14FN3O5/c12-2-1-3-15-10(19)6(4-9(17)18)7(5-8(13)16)14-11(15)20/h1-5H2,(H2,13,16)(H,14,20)(H,17,18). The van der Waals surface area contributed by atoms with Crippen molar-refractivity contribution in [1.29, 1.82) is 0 Å². The SMILES string of the molecule is NC(=O)Cc1[nH]c(=O)n(CCCF)c(=O)c1CC(=O)O. The van der Waals surface area contributed by atoms with E-state index < -0.39 is 42.6 Å². The van der Waals surface area contributed by atoms with Gasteiger partial charge in [-0.1, -0.05) is 0 Å². The van der Waals surface area contributed by atoms with Crippen molar-refractivity contribution in [2.24, 2.45) is 5.73 Å². The number of nitrogens with two attached hydrogens (primary N) is 1. The molecule has 9 heteroatoms. The summed E-state index contributed by atoms with van der Waals surface area (Å²) in [5.74, 6) is -2.11. The van der Waals surface area contributed by atoms with Gasteiger partial charge < -0.3 is 15.8 Å². The summed E-state index contributed by atoms with van der Waals surface area (Å²) in [7, 11) is 0. The first kappa shape index (κ1) is 15.6. The van der Waals surface area contributed by atoms with Crippen LogP contribution in [-0.2, 0) is 29.0 Å². The summed E-state index contributed by atoms with van der Waals surface area (Å²) in [6, 6.07) is 0. The Bertz CT molecular complexity index is 634. The number of carboxylic acids is 1. The number of hydrogen-bond acceptors (Lipinski definition) is 4. The van der Waals surface area contributed by atoms with Crippen LogP contribution in [0.1, 0.15) is 17.7 Å². The zero-order valence-corrected chi connectivity index (χ0v) is 10.5. The van der Waals surface area contributed by atoms with Gasteiger partial charge in [0.05, 0.1) is 19.5 Å². The van der Waals surface area contributed by atoms with Gasteiger partial charge >= 0.3 is 11.7 Å². The fourth-order valence-electron chi connectivity index (χ4n) is 1.74. The molecule has 0 saturated carbocycles. The van der Waals surface area contributed by atoms with E-state index in [9.17, 15) is 23.6 Å². The van der Waals surface area contributed by atoms with Crippen LogP contribution in [-0.4, -0.2) is 33.2 Å². The van der Waals surface area contributed by atoms with E-state index in [1.54, 1.807) is 0 Å². The van der Waals surface area contributed by atoms with Gasteiger partial charge in [0.1, 0.15) is 0 Å². The number of aromatic amines is 1. The van der Waals surface area contributed by atoms with Crippen LogP contribution in [0, 0.1) is 0 Å². The fourth-order valence-corrected chi connectivity index (χ4v) is 1.74. The lowest BCUT2D eigenvalue weighted by molar-refractivity contribution is -0.136. The number of nitrogens with one attached hydrogen (secondary N) is 1. The minimum absolute atomic E-state index is 0.0509. The molecule has 0 fully saturated rings. The normalized spacial score (nSPS) is 10.4. The first-order valence-corrected chi connectivity index (χ1v) is 5.77. The molecule has 0 spiro atoms. The van der Waals surface area contributed by atoms with Crippen molar-refractivity contribution in [3.8, 4) is 0 Å². The zero-order valence-electron chi connectivity index (χ0n) is 10.5. The Hall–Kier alpha value is -2.45. The summed E-state index contributed by atoms with van der Waals surface area (Å²) in [5, 5.41) is 8.77. The molecule has 0 aliphatic heterocycles. The molecule has 110 valence electrons. The topological polar surface area (TPSA) is 135 Å². The Labute approximate surface area is 112 Å². The molecule has 0 unspecified atom stereocenters. The second-order valence-electron chi connectivity index (χ2n) is 4.10. The summed E-state index contributed by atoms with van der Waals surface area (Å²) >= 11 is 0. The lowest BCUT2D eigenvalue weighted by Crippen LogP contribution is -2.40. The number of alkyl halides is 1. The maximum atomic E-state index is 12.1. The van der Waals surface area contributed by atoms with Gasteiger partial charge in [0.25, 0.3) is 5.56 Å². The number of amides is 1. The number of primary amides is 1. The molecule has 0 aromatic carbocycles. The van der Waals surface area contributed by atoms with Gasteiger partial charge in [-0.25, -0.2) is 4.79 Å². The number of carbonyl (C=O) groups is 2. The fraction of sp³-hybridized carbons (Fsp3) is 0.455. The van der Waals surface area contributed by atoms with Crippen molar-refractivity contribution in [2.45, 2.75) is 25.8 Å². The van der Waals surface area contributed by atoms with Crippen molar-refractivity contribution in [3.05, 3.63) is 32.1 Å². The zero-order chi connectivity index (χ0) is 15.3. The van der Waals surface area contributed by atoms with Crippen LogP contribution in [0.3, 0.4) is 0 Å². The molecular weight excluding hydrogens is 273 g/mol. The predicted molar refractivity (Wildman–Crippen MR) is 66.2 cm³/mol. The molecule has 0 saturated heterocycles. The summed E-state index contributed by atoms with van der Waals surface area (Å²) < 4.78 is 12.8. The van der Waals surface area contributed by atoms with Crippen molar-refractivity contribution >= 4 is 11.9 Å². The van der Waals surface area contributed by atoms with E-state index in [1.165, 1.54) is 0 Å². The molecule has 1 rings (SSSR count). The molecule has 0 atom stereocenters. The Morgan fingerprint density at radius 3 is 2.45 bits per heavy atom. The number of carboxylic acid groups (broad SMARTS) is 1. The van der Waals surface area contributed by atoms with Crippen LogP contribution in [0.15, 0.2) is 9.59 Å². The number of aromatic nitrogens is 2. The van der Waals surface area contributed by atoms with E-state index >= 15 is 0 Å². The minimum Gasteiger partial charge on any atom is -0.481 e. The van der Waals surface area contributed by atoms with Crippen LogP contribution in [0.4, 0.5) is 4.39 Å². The molecule has 4 N–H and O–H groups in total. The number of halogens is 1. The van der Waals surface area contributed by atoms with Crippen LogP contribution >= 0.6 is 0 Å². The number of H-pyrrole nitrogens is 1. The van der Waals surface area contributed by atoms with Gasteiger partial charge in [-0.2, -0.15) is 0 Å². The second kappa shape index (κ2) is 6.64. The highest BCUT2D eigenvalue weighted by Crippen LogP contribution is 2.01. The Balaban J connectivity index is 3.39. The Morgan fingerprint density at radius 1 is 1.30 bits per heavy atom. The highest BCUT2D eigenvalue weighted by atomic mass is 19.1. The molecule has 1 heterocycles. The first-order valence-electron chi connectivity index (χ1n) is 5.77. The Kier molecular flexibility index (Phi) is 5.18. The molecule has 1 aromatic heterocycles. The molecule has 8 nitrogen and oxygen atoms in total. The summed E-state index contributed by atoms with van der Waals surface area (Å²) in [6.45, 7) is -0.892. The second-order valence-corrected chi connectivity index (χ2v) is 4.10. The number of nitrogens with zero attached hydrogens (tertiary/aromatic N) is 1. The van der Waals surface area contributed by atoms with E-state index in [0.717, 1.165) is 0 Å². The van der Waals surface area contributed by atoms with Gasteiger partial charge in [-0.3, -0.25) is 23.3 Å². The molecule has 0 aliphatic carbocycles. The number of carbonyl (C=O) groups excluding carboxylic acids is 1. The van der Waals surface area contributed by atoms with Crippen LogP contribution in [0.5, 0.6) is 0 Å². The highest BCUT2D eigenvalue weighted by molar-refractivity contribution is 5.77. The van der Waals surface area contributed by atoms with Gasteiger partial charge in [-0.15, -0.1) is 0 Å². The maximum Gasteiger partial charge on any atom is 0.328 e. The number of hydrogen-bond donors (Lipinski definition) is 3. The molecule has 0 radical (unpaired) electrons. The van der Waals surface area contributed by atoms with Crippen molar-refractivity contribution in [1.82, 2.24) is 9.55 Å². The van der Waals surface area contributed by atoms with Crippen molar-refractivity contribution in [3.63, 3.8) is 0 Å². The molecule has 1 aromatic rings. The quantitative estimate of drug-likeness (QED) is 0.564. The third-order valence-corrected chi connectivity index (χ3v) is 2.56. The number of rotatable bonds is 7. The van der Waals surface area contributed by atoms with Gasteiger partial charge in [0.2, 0.25) is 5.91 Å². The monoisotopic (exact) mass is 287 g/mol. The summed E-state index contributed by atoms with van der Waals surface area (Å²) in [5.41, 5.74) is 2.96. The van der Waals surface area contributed by atoms with Gasteiger partial charge in [0, 0.05) is 17.8 Å². The summed E-state index contributed by atoms with van der Waals surface area (Å²) in [4.78, 5) is 47.6. The Morgan fingerprint density at radius 2 is 1.95 bits per heavy atom. The molecular formula is C11H14FN3O5. The maximum absolute atomic E-state index is 12.1. The molecule has 0 aliphatic rings. The van der Waals surface area contributed by atoms with Crippen molar-refractivity contribution in [2.75, 3.05) is 6.67 Å². The third kappa shape index (κ3) is 3.77. The van der Waals surface area contributed by atoms with E-state index in [-0.39, 0.29) is 24.2 Å². The average molecular weight is 287 g/mol. The molecule has 0 bridgehead atoms. The van der Waals surface area contributed by atoms with Crippen LogP contribution < -0.4 is 17.0 Å². The van der Waals surface area contributed by atoms with E-state index in [2.05, 4.69) is 4.98 Å². The smallest absolute Gasteiger partial charge is 0.328 e. The molecule has 20 heavy (non-hydrogen) atoms. The van der Waals surface area contributed by atoms with E-state index in [4.69, 9.17) is 10.8 Å². The van der Waals surface area contributed by atoms with E-state index in [1.807, 2.05) is 0 Å². The van der Waals surface area contributed by atoms with Crippen molar-refractivity contribution < 1.29 is 19.1 Å². The van der Waals surface area contributed by atoms with Gasteiger partial charge in [0.15, 0.2) is 0 Å². The first-order chi connectivity index (χ1) is 9.36. The largest absolute Gasteiger partial charge is 0.481 e. The number of aliphatic carboxylic acids is 1. The van der Waals surface area contributed by atoms with Crippen LogP contribution in [0.2, 0.25) is 0 Å². The predicted octanol–water partition coefficient (Wildman–Crippen LogP) is -1.45. The third-order valence-electron chi connectivity index (χ3n) is 2.56. The van der Waals surface area contributed by atoms with E-state index in [0.29, 0.717) is 4.57 Å².